The van der Waals surface area contributed by atoms with Gasteiger partial charge in [-0.1, -0.05) is 25.2 Å². The number of aliphatic hydroxyl groups excluding tert-OH is 1. The Morgan fingerprint density at radius 1 is 1.29 bits per heavy atom. The van der Waals surface area contributed by atoms with Gasteiger partial charge >= 0.3 is 0 Å². The molecule has 1 aromatic carbocycles. The van der Waals surface area contributed by atoms with E-state index in [2.05, 4.69) is 23.7 Å². The predicted molar refractivity (Wildman–Crippen MR) is 85.4 cm³/mol. The highest BCUT2D eigenvalue weighted by atomic mass is 16.5. The number of rotatable bonds is 5. The minimum absolute atomic E-state index is 0.104. The second kappa shape index (κ2) is 8.71. The molecule has 3 heteroatoms. The van der Waals surface area contributed by atoms with Crippen LogP contribution in [0.1, 0.15) is 38.2 Å². The van der Waals surface area contributed by atoms with Gasteiger partial charge in [-0.3, -0.25) is 4.90 Å². The van der Waals surface area contributed by atoms with Crippen molar-refractivity contribution in [2.24, 2.45) is 0 Å². The molecule has 1 heterocycles. The summed E-state index contributed by atoms with van der Waals surface area (Å²) in [6.07, 6.45) is 5.24. The third kappa shape index (κ3) is 5.08. The summed E-state index contributed by atoms with van der Waals surface area (Å²) in [6.45, 7) is 5.11. The number of piperidine rings is 1. The highest BCUT2D eigenvalue weighted by Gasteiger charge is 2.20. The van der Waals surface area contributed by atoms with Gasteiger partial charge in [0.2, 0.25) is 0 Å². The Bertz CT molecular complexity index is 472. The number of likely N-dealkylation sites (tertiary alicyclic amines) is 1. The monoisotopic (exact) mass is 287 g/mol. The fourth-order valence-corrected chi connectivity index (χ4v) is 2.87. The molecule has 114 valence electrons. The third-order valence-corrected chi connectivity index (χ3v) is 4.03. The van der Waals surface area contributed by atoms with Crippen molar-refractivity contribution in [2.45, 2.75) is 38.6 Å². The van der Waals surface area contributed by atoms with Gasteiger partial charge in [-0.15, -0.1) is 0 Å². The van der Waals surface area contributed by atoms with E-state index >= 15 is 0 Å². The zero-order valence-electron chi connectivity index (χ0n) is 12.8. The lowest BCUT2D eigenvalue weighted by molar-refractivity contribution is 0.120. The molecule has 3 nitrogen and oxygen atoms in total. The van der Waals surface area contributed by atoms with Gasteiger partial charge in [0.25, 0.3) is 0 Å². The van der Waals surface area contributed by atoms with Crippen molar-refractivity contribution in [3.05, 3.63) is 29.8 Å². The molecule has 0 spiro atoms. The van der Waals surface area contributed by atoms with Crippen LogP contribution in [0.5, 0.6) is 5.75 Å². The molecule has 0 saturated carbocycles. The maximum absolute atomic E-state index is 8.66. The van der Waals surface area contributed by atoms with Crippen molar-refractivity contribution < 1.29 is 9.84 Å². The lowest BCUT2D eigenvalue weighted by atomic mass is 10.0. The summed E-state index contributed by atoms with van der Waals surface area (Å²) in [5, 5.41) is 8.66. The van der Waals surface area contributed by atoms with Gasteiger partial charge in [0.05, 0.1) is 0 Å². The average molecular weight is 287 g/mol. The summed E-state index contributed by atoms with van der Waals surface area (Å²) in [6, 6.07) is 8.46. The first-order chi connectivity index (χ1) is 10.3. The van der Waals surface area contributed by atoms with Gasteiger partial charge < -0.3 is 9.84 Å². The topological polar surface area (TPSA) is 32.7 Å². The normalized spacial score (nSPS) is 18.9. The smallest absolute Gasteiger partial charge is 0.119 e. The van der Waals surface area contributed by atoms with Crippen LogP contribution in [0.3, 0.4) is 0 Å². The van der Waals surface area contributed by atoms with E-state index in [1.807, 2.05) is 24.3 Å². The van der Waals surface area contributed by atoms with Gasteiger partial charge in [-0.25, -0.2) is 0 Å². The molecule has 1 N–H and O–H groups in total. The second-order valence-corrected chi connectivity index (χ2v) is 5.43. The summed E-state index contributed by atoms with van der Waals surface area (Å²) in [4.78, 5) is 2.56. The van der Waals surface area contributed by atoms with Crippen molar-refractivity contribution in [3.63, 3.8) is 0 Å². The number of nitrogens with zero attached hydrogens (tertiary/aromatic N) is 1. The van der Waals surface area contributed by atoms with Crippen LogP contribution >= 0.6 is 0 Å². The van der Waals surface area contributed by atoms with Crippen molar-refractivity contribution in [2.75, 3.05) is 26.3 Å². The Hall–Kier alpha value is -1.50. The standard InChI is InChI=1S/C18H25NO2/c1-2-17-7-3-4-12-19(17)13-15-21-18-10-8-16(9-11-18)6-5-14-20/h8-11,17,20H,2-4,7,12-15H2,1H3. The number of hydrogen-bond acceptors (Lipinski definition) is 3. The molecule has 0 bridgehead atoms. The van der Waals surface area contributed by atoms with E-state index in [-0.39, 0.29) is 6.61 Å². The summed E-state index contributed by atoms with van der Waals surface area (Å²) in [5.74, 6) is 6.40. The lowest BCUT2D eigenvalue weighted by Gasteiger charge is -2.34. The summed E-state index contributed by atoms with van der Waals surface area (Å²) in [7, 11) is 0. The van der Waals surface area contributed by atoms with Gasteiger partial charge in [0.15, 0.2) is 0 Å². The van der Waals surface area contributed by atoms with Gasteiger partial charge in [0, 0.05) is 18.2 Å². The van der Waals surface area contributed by atoms with E-state index in [4.69, 9.17) is 9.84 Å². The summed E-state index contributed by atoms with van der Waals surface area (Å²) < 4.78 is 5.82. The van der Waals surface area contributed by atoms with Gasteiger partial charge in [-0.05, 0) is 50.1 Å². The van der Waals surface area contributed by atoms with Crippen LogP contribution in [0.15, 0.2) is 24.3 Å². The molecule has 1 aliphatic heterocycles. The molecule has 0 aromatic heterocycles. The number of ether oxygens (including phenoxy) is 1. The maximum Gasteiger partial charge on any atom is 0.119 e. The molecule has 1 aromatic rings. The highest BCUT2D eigenvalue weighted by Crippen LogP contribution is 2.19. The zero-order valence-corrected chi connectivity index (χ0v) is 12.8. The Morgan fingerprint density at radius 2 is 2.10 bits per heavy atom. The van der Waals surface area contributed by atoms with Crippen LogP contribution in [0.25, 0.3) is 0 Å². The highest BCUT2D eigenvalue weighted by molar-refractivity contribution is 5.38. The molecule has 21 heavy (non-hydrogen) atoms. The minimum Gasteiger partial charge on any atom is -0.492 e. The minimum atomic E-state index is -0.104. The first-order valence-electron chi connectivity index (χ1n) is 7.90. The van der Waals surface area contributed by atoms with Crippen LogP contribution in [-0.2, 0) is 0 Å². The molecule has 1 saturated heterocycles. The SMILES string of the molecule is CCC1CCCCN1CCOc1ccc(C#CCO)cc1. The quantitative estimate of drug-likeness (QED) is 0.845. The number of aliphatic hydroxyl groups is 1. The molecule has 0 aliphatic carbocycles. The summed E-state index contributed by atoms with van der Waals surface area (Å²) in [5.41, 5.74) is 0.901. The van der Waals surface area contributed by atoms with Crippen LogP contribution in [-0.4, -0.2) is 42.4 Å². The van der Waals surface area contributed by atoms with Crippen LogP contribution in [0, 0.1) is 11.8 Å². The largest absolute Gasteiger partial charge is 0.492 e. The molecule has 1 unspecified atom stereocenters. The van der Waals surface area contributed by atoms with E-state index in [1.54, 1.807) is 0 Å². The van der Waals surface area contributed by atoms with Crippen molar-refractivity contribution in [3.8, 4) is 17.6 Å². The first-order valence-corrected chi connectivity index (χ1v) is 7.90. The van der Waals surface area contributed by atoms with Crippen LogP contribution in [0.2, 0.25) is 0 Å². The van der Waals surface area contributed by atoms with Crippen LogP contribution in [0.4, 0.5) is 0 Å². The Balaban J connectivity index is 1.77. The Labute approximate surface area is 127 Å². The van der Waals surface area contributed by atoms with Gasteiger partial charge in [0.1, 0.15) is 19.0 Å². The number of benzene rings is 1. The molecular weight excluding hydrogens is 262 g/mol. The molecule has 2 rings (SSSR count). The Morgan fingerprint density at radius 3 is 2.81 bits per heavy atom. The zero-order chi connectivity index (χ0) is 14.9. The third-order valence-electron chi connectivity index (χ3n) is 4.03. The second-order valence-electron chi connectivity index (χ2n) is 5.43. The predicted octanol–water partition coefficient (Wildman–Crippen LogP) is 2.67. The van der Waals surface area contributed by atoms with Crippen molar-refractivity contribution >= 4 is 0 Å². The molecular formula is C18H25NO2. The molecule has 1 fully saturated rings. The van der Waals surface area contributed by atoms with Gasteiger partial charge in [-0.2, -0.15) is 0 Å². The fourth-order valence-electron chi connectivity index (χ4n) is 2.87. The molecule has 0 amide bonds. The number of hydrogen-bond donors (Lipinski definition) is 1. The van der Waals surface area contributed by atoms with E-state index < -0.39 is 0 Å². The van der Waals surface area contributed by atoms with Crippen molar-refractivity contribution in [1.29, 1.82) is 0 Å². The average Bonchev–Trinajstić information content (AvgIpc) is 2.54. The van der Waals surface area contributed by atoms with E-state index in [0.717, 1.165) is 30.5 Å². The molecule has 0 radical (unpaired) electrons. The lowest BCUT2D eigenvalue weighted by Crippen LogP contribution is -2.41. The maximum atomic E-state index is 8.66. The first kappa shape index (κ1) is 15.9. The summed E-state index contributed by atoms with van der Waals surface area (Å²) >= 11 is 0. The molecule has 1 atom stereocenters. The van der Waals surface area contributed by atoms with Crippen LogP contribution < -0.4 is 4.74 Å². The van der Waals surface area contributed by atoms with E-state index in [0.29, 0.717) is 0 Å². The van der Waals surface area contributed by atoms with E-state index in [9.17, 15) is 0 Å². The Kier molecular flexibility index (Phi) is 6.59. The molecule has 1 aliphatic rings. The fraction of sp³-hybridized carbons (Fsp3) is 0.556. The van der Waals surface area contributed by atoms with Crippen molar-refractivity contribution in [1.82, 2.24) is 4.90 Å². The van der Waals surface area contributed by atoms with E-state index in [1.165, 1.54) is 32.2 Å².